The van der Waals surface area contributed by atoms with Gasteiger partial charge in [-0.05, 0) is 63.3 Å². The van der Waals surface area contributed by atoms with E-state index in [0.717, 1.165) is 41.6 Å². The van der Waals surface area contributed by atoms with Crippen LogP contribution in [0.15, 0.2) is 30.5 Å². The Morgan fingerprint density at radius 2 is 1.91 bits per heavy atom. The zero-order valence-corrected chi connectivity index (χ0v) is 18.6. The molecule has 5 rings (SSSR count). The Bertz CT molecular complexity index is 1250. The number of rotatable bonds is 2. The first-order valence-electron chi connectivity index (χ1n) is 11.0. The van der Waals surface area contributed by atoms with Crippen LogP contribution in [-0.2, 0) is 19.6 Å². The Hall–Kier alpha value is -3.23. The average molecular weight is 455 g/mol. The second kappa shape index (κ2) is 7.67. The summed E-state index contributed by atoms with van der Waals surface area (Å²) in [6.45, 7) is 3.19. The summed E-state index contributed by atoms with van der Waals surface area (Å²) in [6, 6.07) is 5.32. The summed E-state index contributed by atoms with van der Waals surface area (Å²) >= 11 is 0. The van der Waals surface area contributed by atoms with Crippen LogP contribution in [0.5, 0.6) is 0 Å². The zero-order chi connectivity index (χ0) is 23.5. The minimum Gasteiger partial charge on any atom is -0.327 e. The fourth-order valence-electron chi connectivity index (χ4n) is 5.32. The average Bonchev–Trinajstić information content (AvgIpc) is 3.18. The molecule has 0 saturated carbocycles. The molecule has 2 atom stereocenters. The fraction of sp³-hybridized carbons (Fsp3) is 0.417. The van der Waals surface area contributed by atoms with Gasteiger partial charge in [0.15, 0.2) is 0 Å². The molecule has 2 bridgehead atoms. The normalized spacial score (nSPS) is 20.0. The van der Waals surface area contributed by atoms with E-state index < -0.39 is 11.7 Å². The largest absolute Gasteiger partial charge is 0.416 e. The molecule has 0 N–H and O–H groups in total. The number of benzene rings is 1. The summed E-state index contributed by atoms with van der Waals surface area (Å²) in [5.41, 5.74) is 2.79. The van der Waals surface area contributed by atoms with E-state index in [-0.39, 0.29) is 29.1 Å². The van der Waals surface area contributed by atoms with Gasteiger partial charge in [-0.2, -0.15) is 18.3 Å². The summed E-state index contributed by atoms with van der Waals surface area (Å²) in [7, 11) is 1.86. The van der Waals surface area contributed by atoms with Gasteiger partial charge in [0.25, 0.3) is 5.91 Å². The molecule has 6 nitrogen and oxygen atoms in total. The van der Waals surface area contributed by atoms with Gasteiger partial charge >= 0.3 is 6.18 Å². The van der Waals surface area contributed by atoms with Crippen LogP contribution >= 0.6 is 0 Å². The first-order chi connectivity index (χ1) is 15.7. The van der Waals surface area contributed by atoms with Crippen LogP contribution < -0.4 is 0 Å². The van der Waals surface area contributed by atoms with Gasteiger partial charge in [-0.25, -0.2) is 9.97 Å². The molecule has 0 spiro atoms. The van der Waals surface area contributed by atoms with Gasteiger partial charge in [0, 0.05) is 30.4 Å². The Morgan fingerprint density at radius 3 is 2.61 bits per heavy atom. The number of aromatic nitrogens is 4. The monoisotopic (exact) mass is 455 g/mol. The highest BCUT2D eigenvalue weighted by Gasteiger charge is 2.44. The molecule has 2 aromatic heterocycles. The Morgan fingerprint density at radius 1 is 1.12 bits per heavy atom. The van der Waals surface area contributed by atoms with Crippen molar-refractivity contribution in [2.45, 2.75) is 57.8 Å². The quantitative estimate of drug-likeness (QED) is 0.557. The number of aryl methyl sites for hydroxylation is 2. The molecular formula is C24H24F3N5O. The summed E-state index contributed by atoms with van der Waals surface area (Å²) < 4.78 is 42.2. The molecule has 0 unspecified atom stereocenters. The molecule has 1 aromatic carbocycles. The third kappa shape index (κ3) is 3.50. The van der Waals surface area contributed by atoms with E-state index in [2.05, 4.69) is 5.10 Å². The van der Waals surface area contributed by atoms with Crippen molar-refractivity contribution in [2.75, 3.05) is 0 Å². The van der Waals surface area contributed by atoms with Crippen molar-refractivity contribution in [2.24, 2.45) is 7.05 Å². The van der Waals surface area contributed by atoms with E-state index in [1.807, 2.05) is 20.0 Å². The van der Waals surface area contributed by atoms with Gasteiger partial charge in [0.2, 0.25) is 0 Å². The SMILES string of the molecule is Cc1nc(-c2ccnn2C)c2c(n1)[C@H]1CCC[C@@H](C2)N1C(=O)c1cccc(C(F)(F)F)c1C. The predicted octanol–water partition coefficient (Wildman–Crippen LogP) is 4.80. The second-order valence-electron chi connectivity index (χ2n) is 8.82. The highest BCUT2D eigenvalue weighted by atomic mass is 19.4. The van der Waals surface area contributed by atoms with Crippen LogP contribution in [0.4, 0.5) is 13.2 Å². The Balaban J connectivity index is 1.61. The van der Waals surface area contributed by atoms with Crippen LogP contribution in [0, 0.1) is 13.8 Å². The molecule has 33 heavy (non-hydrogen) atoms. The number of carbonyl (C=O) groups excluding carboxylic acids is 1. The summed E-state index contributed by atoms with van der Waals surface area (Å²) in [4.78, 5) is 24.9. The molecule has 1 fully saturated rings. The van der Waals surface area contributed by atoms with Crippen molar-refractivity contribution < 1.29 is 18.0 Å². The lowest BCUT2D eigenvalue weighted by atomic mass is 9.80. The Kier molecular flexibility index (Phi) is 5.02. The third-order valence-electron chi connectivity index (χ3n) is 6.82. The van der Waals surface area contributed by atoms with Crippen LogP contribution in [0.3, 0.4) is 0 Å². The van der Waals surface area contributed by atoms with Gasteiger partial charge in [-0.3, -0.25) is 9.48 Å². The van der Waals surface area contributed by atoms with Crippen molar-refractivity contribution in [3.8, 4) is 11.4 Å². The highest BCUT2D eigenvalue weighted by Crippen LogP contribution is 2.44. The van der Waals surface area contributed by atoms with Crippen LogP contribution in [0.1, 0.15) is 63.9 Å². The minimum atomic E-state index is -4.51. The van der Waals surface area contributed by atoms with Crippen LogP contribution in [0.25, 0.3) is 11.4 Å². The van der Waals surface area contributed by atoms with Crippen molar-refractivity contribution in [1.82, 2.24) is 24.6 Å². The minimum absolute atomic E-state index is 0.0340. The molecular weight excluding hydrogens is 431 g/mol. The third-order valence-corrected chi connectivity index (χ3v) is 6.82. The molecule has 9 heteroatoms. The molecule has 2 aliphatic heterocycles. The first-order valence-corrected chi connectivity index (χ1v) is 11.0. The van der Waals surface area contributed by atoms with Crippen LogP contribution in [0.2, 0.25) is 0 Å². The molecule has 0 radical (unpaired) electrons. The molecule has 4 heterocycles. The highest BCUT2D eigenvalue weighted by molar-refractivity contribution is 5.96. The smallest absolute Gasteiger partial charge is 0.327 e. The van der Waals surface area contributed by atoms with Gasteiger partial charge in [0.05, 0.1) is 28.7 Å². The van der Waals surface area contributed by atoms with E-state index in [1.54, 1.807) is 15.8 Å². The van der Waals surface area contributed by atoms with Gasteiger partial charge < -0.3 is 4.90 Å². The maximum atomic E-state index is 13.7. The number of amides is 1. The number of hydrogen-bond donors (Lipinski definition) is 0. The first kappa shape index (κ1) is 21.6. The number of nitrogens with zero attached hydrogens (tertiary/aromatic N) is 5. The maximum absolute atomic E-state index is 13.7. The lowest BCUT2D eigenvalue weighted by molar-refractivity contribution is -0.138. The molecule has 3 aromatic rings. The van der Waals surface area contributed by atoms with Gasteiger partial charge in [-0.15, -0.1) is 0 Å². The van der Waals surface area contributed by atoms with Crippen molar-refractivity contribution in [3.63, 3.8) is 0 Å². The molecule has 1 saturated heterocycles. The lowest BCUT2D eigenvalue weighted by Gasteiger charge is -2.47. The summed E-state index contributed by atoms with van der Waals surface area (Å²) in [5.74, 6) is 0.230. The van der Waals surface area contributed by atoms with E-state index >= 15 is 0 Å². The van der Waals surface area contributed by atoms with E-state index in [0.29, 0.717) is 18.7 Å². The van der Waals surface area contributed by atoms with Crippen molar-refractivity contribution in [1.29, 1.82) is 0 Å². The number of alkyl halides is 3. The molecule has 2 aliphatic rings. The summed E-state index contributed by atoms with van der Waals surface area (Å²) in [6.07, 6.45) is 0.218. The number of carbonyl (C=O) groups is 1. The van der Waals surface area contributed by atoms with Crippen molar-refractivity contribution >= 4 is 5.91 Å². The van der Waals surface area contributed by atoms with Crippen molar-refractivity contribution in [3.05, 3.63) is 64.2 Å². The number of hydrogen-bond acceptors (Lipinski definition) is 4. The molecule has 1 amide bonds. The second-order valence-corrected chi connectivity index (χ2v) is 8.82. The van der Waals surface area contributed by atoms with Crippen LogP contribution in [-0.4, -0.2) is 36.6 Å². The Labute approximate surface area is 189 Å². The van der Waals surface area contributed by atoms with Gasteiger partial charge in [0.1, 0.15) is 5.82 Å². The van der Waals surface area contributed by atoms with E-state index in [1.165, 1.54) is 19.1 Å². The predicted molar refractivity (Wildman–Crippen MR) is 115 cm³/mol. The van der Waals surface area contributed by atoms with E-state index in [4.69, 9.17) is 9.97 Å². The van der Waals surface area contributed by atoms with Gasteiger partial charge in [-0.1, -0.05) is 6.07 Å². The van der Waals surface area contributed by atoms with E-state index in [9.17, 15) is 18.0 Å². The number of piperidine rings is 1. The fourth-order valence-corrected chi connectivity index (χ4v) is 5.32. The topological polar surface area (TPSA) is 63.9 Å². The lowest BCUT2D eigenvalue weighted by Crippen LogP contribution is -2.50. The number of halogens is 3. The summed E-state index contributed by atoms with van der Waals surface area (Å²) in [5, 5.41) is 4.26. The molecule has 0 aliphatic carbocycles. The standard InChI is InChI=1S/C24H24F3N5O/c1-13-16(7-5-8-18(13)24(25,26)27)23(33)32-15-6-4-9-20(32)22-17(12-15)21(29-14(2)30-22)19-10-11-28-31(19)3/h5,7-8,10-11,15,20H,4,6,9,12H2,1-3H3/t15-,20+/m0/s1. The zero-order valence-electron chi connectivity index (χ0n) is 18.6. The number of fused-ring (bicyclic) bond motifs is 4. The maximum Gasteiger partial charge on any atom is 0.416 e. The molecule has 172 valence electrons.